The highest BCUT2D eigenvalue weighted by Crippen LogP contribution is 2.56. The van der Waals surface area contributed by atoms with Crippen LogP contribution in [0.5, 0.6) is 5.75 Å². The average Bonchev–Trinajstić information content (AvgIpc) is 2.81. The fourth-order valence-electron chi connectivity index (χ4n) is 5.39. The highest BCUT2D eigenvalue weighted by Gasteiger charge is 2.34. The smallest absolute Gasteiger partial charge is 0.332 e. The predicted molar refractivity (Wildman–Crippen MR) is 165 cm³/mol. The third-order valence-electron chi connectivity index (χ3n) is 7.84. The van der Waals surface area contributed by atoms with Crippen LogP contribution in [0.3, 0.4) is 0 Å². The van der Waals surface area contributed by atoms with Crippen LogP contribution in [0, 0.1) is 0 Å². The number of carbonyl (C=O) groups excluding carboxylic acids is 1. The fourth-order valence-corrected chi connectivity index (χ4v) is 6.44. The van der Waals surface area contributed by atoms with Crippen molar-refractivity contribution >= 4 is 13.9 Å². The van der Waals surface area contributed by atoms with Gasteiger partial charge >= 0.3 is 7.60 Å². The second-order valence-electron chi connectivity index (χ2n) is 13.6. The lowest BCUT2D eigenvalue weighted by molar-refractivity contribution is -0.107. The zero-order chi connectivity index (χ0) is 29.5. The largest absolute Gasteiger partial charge is 0.507 e. The predicted octanol–water partition coefficient (Wildman–Crippen LogP) is 10.0. The molecule has 0 saturated heterocycles. The summed E-state index contributed by atoms with van der Waals surface area (Å²) in [5.74, 6) is 0.241. The molecule has 0 aliphatic carbocycles. The van der Waals surface area contributed by atoms with E-state index in [-0.39, 0.29) is 16.6 Å². The Bertz CT molecular complexity index is 840. The first kappa shape index (κ1) is 35.9. The molecule has 0 aliphatic heterocycles. The van der Waals surface area contributed by atoms with Crippen LogP contribution in [-0.2, 0) is 20.2 Å². The maximum atomic E-state index is 12.6. The van der Waals surface area contributed by atoms with Crippen molar-refractivity contribution in [2.75, 3.05) is 0 Å². The molecule has 6 heteroatoms. The Morgan fingerprint density at radius 1 is 0.667 bits per heavy atom. The van der Waals surface area contributed by atoms with E-state index < -0.39 is 13.3 Å². The van der Waals surface area contributed by atoms with E-state index in [0.717, 1.165) is 43.1 Å². The Balaban J connectivity index is 2.43. The molecule has 0 radical (unpaired) electrons. The van der Waals surface area contributed by atoms with Gasteiger partial charge in [-0.3, -0.25) is 4.57 Å². The molecular formula is C33H59O5P. The SMILES string of the molecule is CC(C)(C)c1cc(C(CCCCCCCCCCCCCCCCCC=O)P(=O)(O)O)cc(C(C)(C)C)c1O. The van der Waals surface area contributed by atoms with Crippen molar-refractivity contribution in [3.63, 3.8) is 0 Å². The van der Waals surface area contributed by atoms with Crippen LogP contribution in [0.25, 0.3) is 0 Å². The van der Waals surface area contributed by atoms with Gasteiger partial charge in [0, 0.05) is 6.42 Å². The van der Waals surface area contributed by atoms with Crippen LogP contribution < -0.4 is 0 Å². The van der Waals surface area contributed by atoms with Crippen molar-refractivity contribution in [1.29, 1.82) is 0 Å². The third-order valence-corrected chi connectivity index (χ3v) is 9.21. The zero-order valence-electron chi connectivity index (χ0n) is 25.9. The Hall–Kier alpha value is -1.16. The summed E-state index contributed by atoms with van der Waals surface area (Å²) in [6.07, 6.45) is 20.1. The minimum Gasteiger partial charge on any atom is -0.507 e. The van der Waals surface area contributed by atoms with Gasteiger partial charge in [-0.15, -0.1) is 0 Å². The highest BCUT2D eigenvalue weighted by atomic mass is 31.2. The molecule has 39 heavy (non-hydrogen) atoms. The Morgan fingerprint density at radius 3 is 1.31 bits per heavy atom. The van der Waals surface area contributed by atoms with E-state index in [1.807, 2.05) is 53.7 Å². The molecule has 0 amide bonds. The molecule has 0 aliphatic rings. The molecule has 0 spiro atoms. The number of benzene rings is 1. The lowest BCUT2D eigenvalue weighted by Gasteiger charge is -2.30. The standard InChI is InChI=1S/C33H59O5P/c1-32(2,3)28-25-27(26-29(31(28)35)33(4,5)6)30(39(36,37)38)23-21-19-17-15-13-11-9-7-8-10-12-14-16-18-20-22-24-34/h24-26,30,35H,7-23H2,1-6H3,(H2,36,37,38). The van der Waals surface area contributed by atoms with Crippen molar-refractivity contribution < 1.29 is 24.3 Å². The molecule has 1 aromatic rings. The molecule has 0 bridgehead atoms. The van der Waals surface area contributed by atoms with Crippen molar-refractivity contribution in [2.45, 2.75) is 167 Å². The minimum atomic E-state index is -4.34. The molecule has 1 rings (SSSR count). The number of phenolic OH excluding ortho intramolecular Hbond substituents is 1. The quantitative estimate of drug-likeness (QED) is 0.0829. The van der Waals surface area contributed by atoms with Gasteiger partial charge in [0.15, 0.2) is 0 Å². The molecular weight excluding hydrogens is 507 g/mol. The number of unbranched alkanes of at least 4 members (excludes halogenated alkanes) is 15. The summed E-state index contributed by atoms with van der Waals surface area (Å²) in [7, 11) is -4.34. The third kappa shape index (κ3) is 14.3. The van der Waals surface area contributed by atoms with Crippen LogP contribution in [-0.4, -0.2) is 21.2 Å². The molecule has 1 aromatic carbocycles. The summed E-state index contributed by atoms with van der Waals surface area (Å²) < 4.78 is 12.6. The number of rotatable bonds is 20. The van der Waals surface area contributed by atoms with Crippen molar-refractivity contribution in [2.24, 2.45) is 0 Å². The number of aldehydes is 1. The van der Waals surface area contributed by atoms with E-state index in [4.69, 9.17) is 0 Å². The minimum absolute atomic E-state index is 0.241. The first-order valence-corrected chi connectivity index (χ1v) is 17.2. The van der Waals surface area contributed by atoms with Gasteiger partial charge in [0.05, 0.1) is 5.66 Å². The topological polar surface area (TPSA) is 94.8 Å². The molecule has 0 saturated carbocycles. The molecule has 226 valence electrons. The van der Waals surface area contributed by atoms with Gasteiger partial charge in [0.2, 0.25) is 0 Å². The second-order valence-corrected chi connectivity index (χ2v) is 15.4. The summed E-state index contributed by atoms with van der Waals surface area (Å²) in [6.45, 7) is 12.1. The number of hydrogen-bond acceptors (Lipinski definition) is 3. The maximum Gasteiger partial charge on any atom is 0.332 e. The molecule has 1 unspecified atom stereocenters. The van der Waals surface area contributed by atoms with Gasteiger partial charge < -0.3 is 19.7 Å². The molecule has 5 nitrogen and oxygen atoms in total. The maximum absolute atomic E-state index is 12.6. The van der Waals surface area contributed by atoms with E-state index in [1.54, 1.807) is 0 Å². The van der Waals surface area contributed by atoms with Crippen LogP contribution in [0.4, 0.5) is 0 Å². The molecule has 1 atom stereocenters. The number of carbonyl (C=O) groups is 1. The van der Waals surface area contributed by atoms with E-state index in [2.05, 4.69) is 0 Å². The van der Waals surface area contributed by atoms with E-state index >= 15 is 0 Å². The van der Waals surface area contributed by atoms with Crippen molar-refractivity contribution in [3.8, 4) is 5.75 Å². The summed E-state index contributed by atoms with van der Waals surface area (Å²) in [5, 5.41) is 11.0. The van der Waals surface area contributed by atoms with Crippen LogP contribution in [0.1, 0.15) is 173 Å². The number of hydrogen-bond donors (Lipinski definition) is 3. The summed E-state index contributed by atoms with van der Waals surface area (Å²) in [6, 6.07) is 3.65. The lowest BCUT2D eigenvalue weighted by atomic mass is 9.78. The van der Waals surface area contributed by atoms with Crippen molar-refractivity contribution in [1.82, 2.24) is 0 Å². The second kappa shape index (κ2) is 17.6. The van der Waals surface area contributed by atoms with E-state index in [1.165, 1.54) is 70.6 Å². The van der Waals surface area contributed by atoms with Gasteiger partial charge in [-0.1, -0.05) is 144 Å². The first-order valence-electron chi connectivity index (χ1n) is 15.6. The molecule has 3 N–H and O–H groups in total. The lowest BCUT2D eigenvalue weighted by Crippen LogP contribution is -2.18. The normalized spacial score (nSPS) is 13.5. The van der Waals surface area contributed by atoms with Gasteiger partial charge in [-0.25, -0.2) is 0 Å². The summed E-state index contributed by atoms with van der Waals surface area (Å²) in [5.41, 5.74) is 0.629. The summed E-state index contributed by atoms with van der Waals surface area (Å²) in [4.78, 5) is 30.8. The van der Waals surface area contributed by atoms with Crippen LogP contribution >= 0.6 is 7.60 Å². The first-order chi connectivity index (χ1) is 18.2. The van der Waals surface area contributed by atoms with Crippen LogP contribution in [0.2, 0.25) is 0 Å². The van der Waals surface area contributed by atoms with Gasteiger partial charge in [-0.05, 0) is 40.4 Å². The average molecular weight is 567 g/mol. The number of aromatic hydroxyl groups is 1. The van der Waals surface area contributed by atoms with E-state index in [0.29, 0.717) is 18.4 Å². The number of phenols is 1. The monoisotopic (exact) mass is 566 g/mol. The van der Waals surface area contributed by atoms with Crippen LogP contribution in [0.15, 0.2) is 12.1 Å². The van der Waals surface area contributed by atoms with Gasteiger partial charge in [-0.2, -0.15) is 0 Å². The van der Waals surface area contributed by atoms with E-state index in [9.17, 15) is 24.3 Å². The van der Waals surface area contributed by atoms with Gasteiger partial charge in [0.1, 0.15) is 12.0 Å². The van der Waals surface area contributed by atoms with Crippen molar-refractivity contribution in [3.05, 3.63) is 28.8 Å². The fraction of sp³-hybridized carbons (Fsp3) is 0.788. The molecule has 0 heterocycles. The Kier molecular flexibility index (Phi) is 16.2. The highest BCUT2D eigenvalue weighted by molar-refractivity contribution is 7.52. The Morgan fingerprint density at radius 2 is 1.00 bits per heavy atom. The van der Waals surface area contributed by atoms with Gasteiger partial charge in [0.25, 0.3) is 0 Å². The molecule has 0 fully saturated rings. The molecule has 0 aromatic heterocycles. The Labute approximate surface area is 239 Å². The summed E-state index contributed by atoms with van der Waals surface area (Å²) >= 11 is 0. The zero-order valence-corrected chi connectivity index (χ0v) is 26.8.